The summed E-state index contributed by atoms with van der Waals surface area (Å²) in [5, 5.41) is 6.01. The number of hydrogen-bond acceptors (Lipinski definition) is 8. The minimum atomic E-state index is -3.87. The molecule has 216 valence electrons. The van der Waals surface area contributed by atoms with Crippen LogP contribution in [0.2, 0.25) is 0 Å². The fourth-order valence-electron chi connectivity index (χ4n) is 5.11. The lowest BCUT2D eigenvalue weighted by molar-refractivity contribution is -0.130. The standard InChI is InChI=1S/C31H32N6O3S2/c1-21-4-10-26(11-5-21)42(39,40)37-13-12-27-29(28-18-22(2)20-41-28)33-31(34-30(27)37)32-25-8-6-24(7-9-25)19-35-14-16-36(17-15-35)23(3)38/h4-13,18,20H,14-17,19H2,1-3H3,(H,32,33,34). The van der Waals surface area contributed by atoms with Crippen LogP contribution in [0.1, 0.15) is 23.6 Å². The second kappa shape index (κ2) is 11.3. The van der Waals surface area contributed by atoms with E-state index in [1.807, 2.05) is 36.9 Å². The number of carbonyl (C=O) groups is 1. The zero-order valence-corrected chi connectivity index (χ0v) is 25.4. The van der Waals surface area contributed by atoms with E-state index >= 15 is 0 Å². The van der Waals surface area contributed by atoms with Crippen molar-refractivity contribution in [2.24, 2.45) is 0 Å². The maximum absolute atomic E-state index is 13.7. The molecule has 0 unspecified atom stereocenters. The van der Waals surface area contributed by atoms with Gasteiger partial charge in [-0.3, -0.25) is 9.69 Å². The van der Waals surface area contributed by atoms with E-state index in [0.29, 0.717) is 22.7 Å². The van der Waals surface area contributed by atoms with Gasteiger partial charge < -0.3 is 10.2 Å². The lowest BCUT2D eigenvalue weighted by atomic mass is 10.1. The summed E-state index contributed by atoms with van der Waals surface area (Å²) in [5.74, 6) is 0.443. The molecule has 1 aliphatic heterocycles. The highest BCUT2D eigenvalue weighted by Crippen LogP contribution is 2.34. The van der Waals surface area contributed by atoms with Gasteiger partial charge in [0.1, 0.15) is 0 Å². The van der Waals surface area contributed by atoms with E-state index in [2.05, 4.69) is 27.7 Å². The molecule has 5 aromatic rings. The van der Waals surface area contributed by atoms with Crippen molar-refractivity contribution in [3.63, 3.8) is 0 Å². The summed E-state index contributed by atoms with van der Waals surface area (Å²) >= 11 is 1.56. The maximum atomic E-state index is 13.7. The fraction of sp³-hybridized carbons (Fsp3) is 0.258. The predicted molar refractivity (Wildman–Crippen MR) is 167 cm³/mol. The molecule has 0 radical (unpaired) electrons. The molecule has 0 spiro atoms. The Kier molecular flexibility index (Phi) is 7.56. The fourth-order valence-corrected chi connectivity index (χ4v) is 7.31. The number of nitrogens with zero attached hydrogens (tertiary/aromatic N) is 5. The number of thiophene rings is 1. The van der Waals surface area contributed by atoms with Crippen LogP contribution >= 0.6 is 11.3 Å². The number of amides is 1. The van der Waals surface area contributed by atoms with Crippen LogP contribution in [-0.2, 0) is 21.4 Å². The van der Waals surface area contributed by atoms with Gasteiger partial charge in [0.25, 0.3) is 10.0 Å². The highest BCUT2D eigenvalue weighted by molar-refractivity contribution is 7.90. The summed E-state index contributed by atoms with van der Waals surface area (Å²) < 4.78 is 28.5. The van der Waals surface area contributed by atoms with Crippen LogP contribution in [0.3, 0.4) is 0 Å². The van der Waals surface area contributed by atoms with Crippen LogP contribution in [0.25, 0.3) is 21.6 Å². The molecule has 2 aromatic carbocycles. The minimum Gasteiger partial charge on any atom is -0.340 e. The number of rotatable bonds is 7. The monoisotopic (exact) mass is 600 g/mol. The molecule has 1 fully saturated rings. The summed E-state index contributed by atoms with van der Waals surface area (Å²) in [6, 6.07) is 18.7. The van der Waals surface area contributed by atoms with Crippen LogP contribution in [0, 0.1) is 13.8 Å². The molecule has 11 heteroatoms. The van der Waals surface area contributed by atoms with Gasteiger partial charge in [-0.25, -0.2) is 17.4 Å². The van der Waals surface area contributed by atoms with E-state index in [9.17, 15) is 13.2 Å². The van der Waals surface area contributed by atoms with Crippen LogP contribution in [0.5, 0.6) is 0 Å². The number of hydrogen-bond donors (Lipinski definition) is 1. The SMILES string of the molecule is CC(=O)N1CCN(Cc2ccc(Nc3nc(-c4cc(C)cs4)c4ccn(S(=O)(=O)c5ccc(C)cc5)c4n3)cc2)CC1. The van der Waals surface area contributed by atoms with Gasteiger partial charge >= 0.3 is 0 Å². The molecule has 9 nitrogen and oxygen atoms in total. The topological polar surface area (TPSA) is 100 Å². The van der Waals surface area contributed by atoms with E-state index in [-0.39, 0.29) is 10.8 Å². The second-order valence-electron chi connectivity index (χ2n) is 10.7. The Labute approximate surface area is 249 Å². The first kappa shape index (κ1) is 28.1. The highest BCUT2D eigenvalue weighted by Gasteiger charge is 2.23. The molecule has 42 heavy (non-hydrogen) atoms. The summed E-state index contributed by atoms with van der Waals surface area (Å²) in [4.78, 5) is 26.5. The molecule has 6 rings (SSSR count). The average molecular weight is 601 g/mol. The smallest absolute Gasteiger partial charge is 0.269 e. The number of aromatic nitrogens is 3. The van der Waals surface area contributed by atoms with Gasteiger partial charge in [0, 0.05) is 56.9 Å². The van der Waals surface area contributed by atoms with Crippen molar-refractivity contribution < 1.29 is 13.2 Å². The Balaban J connectivity index is 1.30. The molecule has 0 saturated carbocycles. The number of aryl methyl sites for hydroxylation is 2. The normalized spacial score (nSPS) is 14.4. The Morgan fingerprint density at radius 3 is 2.29 bits per heavy atom. The molecule has 0 atom stereocenters. The summed E-state index contributed by atoms with van der Waals surface area (Å²) in [7, 11) is -3.87. The molecule has 1 N–H and O–H groups in total. The van der Waals surface area contributed by atoms with Gasteiger partial charge in [0.2, 0.25) is 11.9 Å². The van der Waals surface area contributed by atoms with Crippen molar-refractivity contribution in [3.05, 3.63) is 88.9 Å². The molecule has 1 amide bonds. The van der Waals surface area contributed by atoms with Crippen LogP contribution in [0.4, 0.5) is 11.6 Å². The summed E-state index contributed by atoms with van der Waals surface area (Å²) in [5.41, 5.74) is 5.06. The Morgan fingerprint density at radius 1 is 0.929 bits per heavy atom. The number of carbonyl (C=O) groups excluding carboxylic acids is 1. The van der Waals surface area contributed by atoms with Gasteiger partial charge in [-0.2, -0.15) is 4.98 Å². The molecule has 4 heterocycles. The lowest BCUT2D eigenvalue weighted by Gasteiger charge is -2.34. The number of benzene rings is 2. The van der Waals surface area contributed by atoms with Crippen molar-refractivity contribution >= 4 is 49.9 Å². The second-order valence-corrected chi connectivity index (χ2v) is 13.4. The highest BCUT2D eigenvalue weighted by atomic mass is 32.2. The molecule has 0 aliphatic carbocycles. The van der Waals surface area contributed by atoms with Gasteiger partial charge in [-0.05, 0) is 66.8 Å². The van der Waals surface area contributed by atoms with E-state index in [1.165, 1.54) is 9.54 Å². The van der Waals surface area contributed by atoms with Crippen LogP contribution in [-0.4, -0.2) is 64.2 Å². The van der Waals surface area contributed by atoms with Gasteiger partial charge in [0.05, 0.1) is 15.5 Å². The Morgan fingerprint density at radius 2 is 1.64 bits per heavy atom. The van der Waals surface area contributed by atoms with E-state index in [1.54, 1.807) is 54.8 Å². The van der Waals surface area contributed by atoms with Crippen LogP contribution in [0.15, 0.2) is 77.1 Å². The molecular weight excluding hydrogens is 569 g/mol. The van der Waals surface area contributed by atoms with E-state index in [4.69, 9.17) is 9.97 Å². The number of anilines is 2. The first-order valence-electron chi connectivity index (χ1n) is 13.8. The van der Waals surface area contributed by atoms with Crippen molar-refractivity contribution in [2.75, 3.05) is 31.5 Å². The first-order valence-corrected chi connectivity index (χ1v) is 16.1. The maximum Gasteiger partial charge on any atom is 0.269 e. The molecule has 3 aromatic heterocycles. The Bertz CT molecular complexity index is 1850. The zero-order valence-electron chi connectivity index (χ0n) is 23.7. The molecule has 0 bridgehead atoms. The number of fused-ring (bicyclic) bond motifs is 1. The van der Waals surface area contributed by atoms with Gasteiger partial charge in [-0.1, -0.05) is 29.8 Å². The van der Waals surface area contributed by atoms with E-state index in [0.717, 1.165) is 54.4 Å². The average Bonchev–Trinajstić information content (AvgIpc) is 3.61. The van der Waals surface area contributed by atoms with Gasteiger partial charge in [0.15, 0.2) is 5.65 Å². The van der Waals surface area contributed by atoms with Crippen molar-refractivity contribution in [1.82, 2.24) is 23.7 Å². The zero-order chi connectivity index (χ0) is 29.4. The minimum absolute atomic E-state index is 0.128. The number of nitrogens with one attached hydrogen (secondary N) is 1. The van der Waals surface area contributed by atoms with E-state index < -0.39 is 10.0 Å². The largest absolute Gasteiger partial charge is 0.340 e. The van der Waals surface area contributed by atoms with Crippen molar-refractivity contribution in [1.29, 1.82) is 0 Å². The lowest BCUT2D eigenvalue weighted by Crippen LogP contribution is -2.47. The molecule has 1 saturated heterocycles. The molecular formula is C31H32N6O3S2. The Hall–Kier alpha value is -4.06. The quantitative estimate of drug-likeness (QED) is 0.266. The van der Waals surface area contributed by atoms with Crippen molar-refractivity contribution in [2.45, 2.75) is 32.2 Å². The summed E-state index contributed by atoms with van der Waals surface area (Å²) in [6.45, 7) is 9.58. The molecule has 1 aliphatic rings. The van der Waals surface area contributed by atoms with Crippen LogP contribution < -0.4 is 5.32 Å². The third kappa shape index (κ3) is 5.67. The summed E-state index contributed by atoms with van der Waals surface area (Å²) in [6.07, 6.45) is 1.55. The third-order valence-electron chi connectivity index (χ3n) is 7.49. The first-order chi connectivity index (χ1) is 20.2. The van der Waals surface area contributed by atoms with Crippen molar-refractivity contribution in [3.8, 4) is 10.6 Å². The number of piperazine rings is 1. The van der Waals surface area contributed by atoms with Gasteiger partial charge in [-0.15, -0.1) is 11.3 Å². The predicted octanol–water partition coefficient (Wildman–Crippen LogP) is 5.42. The third-order valence-corrected chi connectivity index (χ3v) is 10.2.